The molecule has 5 heteroatoms. The molecule has 0 saturated carbocycles. The van der Waals surface area contributed by atoms with Crippen LogP contribution in [0.15, 0.2) is 37.4 Å². The van der Waals surface area contributed by atoms with Crippen LogP contribution in [0.3, 0.4) is 0 Å². The van der Waals surface area contributed by atoms with Crippen molar-refractivity contribution in [2.75, 3.05) is 0 Å². The van der Waals surface area contributed by atoms with Gasteiger partial charge in [0.05, 0.1) is 26.0 Å². The predicted molar refractivity (Wildman–Crippen MR) is 47.6 cm³/mol. The largest absolute Gasteiger partial charge is 0.324 e. The van der Waals surface area contributed by atoms with E-state index < -0.39 is 0 Å². The highest BCUT2D eigenvalue weighted by Gasteiger charge is 1.89. The van der Waals surface area contributed by atoms with Gasteiger partial charge in [0.15, 0.2) is 0 Å². The molecular formula is C8H11N5. The first-order valence-corrected chi connectivity index (χ1v) is 4.07. The van der Waals surface area contributed by atoms with Crippen LogP contribution in [0.4, 0.5) is 0 Å². The maximum atomic E-state index is 3.94. The molecule has 0 aliphatic carbocycles. The van der Waals surface area contributed by atoms with E-state index in [2.05, 4.69) is 15.3 Å². The van der Waals surface area contributed by atoms with E-state index in [9.17, 15) is 0 Å². The van der Waals surface area contributed by atoms with Crippen LogP contribution in [0.5, 0.6) is 0 Å². The van der Waals surface area contributed by atoms with Gasteiger partial charge in [-0.15, -0.1) is 0 Å². The van der Waals surface area contributed by atoms with Crippen molar-refractivity contribution in [3.05, 3.63) is 37.4 Å². The summed E-state index contributed by atoms with van der Waals surface area (Å²) in [5.41, 5.74) is 0. The van der Waals surface area contributed by atoms with Gasteiger partial charge in [0.1, 0.15) is 0 Å². The highest BCUT2D eigenvalue weighted by Crippen LogP contribution is 1.85. The summed E-state index contributed by atoms with van der Waals surface area (Å²) >= 11 is 0. The molecule has 0 spiro atoms. The Morgan fingerprint density at radius 3 is 1.85 bits per heavy atom. The minimum atomic E-state index is 0.762. The van der Waals surface area contributed by atoms with E-state index in [1.165, 1.54) is 0 Å². The standard InChI is InChI=1S/C8H11N5/c1-3-12(5-9-1)7-11-8-13-4-2-10-6-13/h1-6,11H,7-8H2. The van der Waals surface area contributed by atoms with E-state index in [1.807, 2.05) is 21.5 Å². The van der Waals surface area contributed by atoms with Crippen molar-refractivity contribution in [2.45, 2.75) is 13.3 Å². The molecule has 0 aromatic carbocycles. The average Bonchev–Trinajstić information content (AvgIpc) is 2.75. The molecule has 0 aliphatic rings. The van der Waals surface area contributed by atoms with Crippen LogP contribution in [0.1, 0.15) is 0 Å². The summed E-state index contributed by atoms with van der Waals surface area (Å²) in [7, 11) is 0. The monoisotopic (exact) mass is 177 g/mol. The molecule has 0 unspecified atom stereocenters. The van der Waals surface area contributed by atoms with Gasteiger partial charge in [-0.1, -0.05) is 0 Å². The first-order valence-electron chi connectivity index (χ1n) is 4.07. The Bertz CT molecular complexity index is 289. The maximum Gasteiger partial charge on any atom is 0.0956 e. The Kier molecular flexibility index (Phi) is 2.38. The Labute approximate surface area is 76.0 Å². The van der Waals surface area contributed by atoms with Crippen molar-refractivity contribution in [3.63, 3.8) is 0 Å². The van der Waals surface area contributed by atoms with Gasteiger partial charge in [-0.2, -0.15) is 0 Å². The van der Waals surface area contributed by atoms with Crippen molar-refractivity contribution >= 4 is 0 Å². The smallest absolute Gasteiger partial charge is 0.0956 e. The number of rotatable bonds is 4. The first kappa shape index (κ1) is 8.00. The van der Waals surface area contributed by atoms with Gasteiger partial charge >= 0.3 is 0 Å². The van der Waals surface area contributed by atoms with Crippen LogP contribution >= 0.6 is 0 Å². The van der Waals surface area contributed by atoms with Crippen molar-refractivity contribution in [2.24, 2.45) is 0 Å². The van der Waals surface area contributed by atoms with Gasteiger partial charge in [-0.05, 0) is 0 Å². The molecule has 2 rings (SSSR count). The van der Waals surface area contributed by atoms with Crippen molar-refractivity contribution in [1.82, 2.24) is 24.4 Å². The number of aromatic nitrogens is 4. The average molecular weight is 177 g/mol. The van der Waals surface area contributed by atoms with E-state index in [4.69, 9.17) is 0 Å². The number of nitrogens with zero attached hydrogens (tertiary/aromatic N) is 4. The van der Waals surface area contributed by atoms with E-state index >= 15 is 0 Å². The molecule has 1 N–H and O–H groups in total. The van der Waals surface area contributed by atoms with E-state index in [0.29, 0.717) is 0 Å². The quantitative estimate of drug-likeness (QED) is 0.730. The Hall–Kier alpha value is -1.62. The molecule has 0 radical (unpaired) electrons. The molecule has 0 fully saturated rings. The molecule has 2 aromatic heterocycles. The van der Waals surface area contributed by atoms with Gasteiger partial charge in [0.2, 0.25) is 0 Å². The normalized spacial score (nSPS) is 10.5. The second kappa shape index (κ2) is 3.86. The lowest BCUT2D eigenvalue weighted by molar-refractivity contribution is 0.483. The summed E-state index contributed by atoms with van der Waals surface area (Å²) < 4.78 is 3.94. The number of imidazole rings is 2. The molecule has 5 nitrogen and oxygen atoms in total. The van der Waals surface area contributed by atoms with E-state index in [-0.39, 0.29) is 0 Å². The third-order valence-corrected chi connectivity index (χ3v) is 1.71. The second-order valence-corrected chi connectivity index (χ2v) is 2.72. The molecule has 0 aliphatic heterocycles. The molecule has 13 heavy (non-hydrogen) atoms. The lowest BCUT2D eigenvalue weighted by Gasteiger charge is -2.05. The fourth-order valence-corrected chi connectivity index (χ4v) is 1.07. The Morgan fingerprint density at radius 2 is 1.46 bits per heavy atom. The van der Waals surface area contributed by atoms with Crippen LogP contribution in [-0.2, 0) is 13.3 Å². The lowest BCUT2D eigenvalue weighted by Crippen LogP contribution is -2.20. The molecule has 2 aromatic rings. The van der Waals surface area contributed by atoms with E-state index in [0.717, 1.165) is 13.3 Å². The van der Waals surface area contributed by atoms with Crippen molar-refractivity contribution < 1.29 is 0 Å². The van der Waals surface area contributed by atoms with Crippen molar-refractivity contribution in [3.8, 4) is 0 Å². The first-order chi connectivity index (χ1) is 6.45. The second-order valence-electron chi connectivity index (χ2n) is 2.72. The Balaban J connectivity index is 1.76. The van der Waals surface area contributed by atoms with E-state index in [1.54, 1.807) is 25.0 Å². The number of hydrogen-bond acceptors (Lipinski definition) is 3. The minimum absolute atomic E-state index is 0.762. The van der Waals surface area contributed by atoms with Crippen LogP contribution < -0.4 is 5.32 Å². The summed E-state index contributed by atoms with van der Waals surface area (Å²) in [6.07, 6.45) is 10.9. The molecule has 2 heterocycles. The zero-order valence-electron chi connectivity index (χ0n) is 7.17. The summed E-state index contributed by atoms with van der Waals surface area (Å²) in [5.74, 6) is 0. The van der Waals surface area contributed by atoms with Gasteiger partial charge in [-0.25, -0.2) is 9.97 Å². The van der Waals surface area contributed by atoms with Gasteiger partial charge in [0.25, 0.3) is 0 Å². The summed E-state index contributed by atoms with van der Waals surface area (Å²) in [4.78, 5) is 7.88. The SMILES string of the molecule is c1cn(CNCn2ccnc2)cn1. The van der Waals surface area contributed by atoms with Gasteiger partial charge < -0.3 is 9.13 Å². The zero-order valence-corrected chi connectivity index (χ0v) is 7.17. The molecule has 0 saturated heterocycles. The zero-order chi connectivity index (χ0) is 8.93. The summed E-state index contributed by atoms with van der Waals surface area (Å²) in [5, 5.41) is 3.24. The van der Waals surface area contributed by atoms with Crippen LogP contribution in [-0.4, -0.2) is 19.1 Å². The topological polar surface area (TPSA) is 47.7 Å². The van der Waals surface area contributed by atoms with Crippen molar-refractivity contribution in [1.29, 1.82) is 0 Å². The number of nitrogens with one attached hydrogen (secondary N) is 1. The van der Waals surface area contributed by atoms with Crippen LogP contribution in [0.2, 0.25) is 0 Å². The Morgan fingerprint density at radius 1 is 0.923 bits per heavy atom. The molecule has 0 atom stereocenters. The van der Waals surface area contributed by atoms with Crippen LogP contribution in [0.25, 0.3) is 0 Å². The fraction of sp³-hybridized carbons (Fsp3) is 0.250. The molecule has 68 valence electrons. The lowest BCUT2D eigenvalue weighted by atomic mass is 10.8. The van der Waals surface area contributed by atoms with Crippen LogP contribution in [0, 0.1) is 0 Å². The molecule has 0 bridgehead atoms. The summed E-state index contributed by atoms with van der Waals surface area (Å²) in [6.45, 7) is 1.52. The predicted octanol–water partition coefficient (Wildman–Crippen LogP) is 0.284. The highest BCUT2D eigenvalue weighted by atomic mass is 15.2. The van der Waals surface area contributed by atoms with Gasteiger partial charge in [-0.3, -0.25) is 5.32 Å². The maximum absolute atomic E-state index is 3.94. The number of hydrogen-bond donors (Lipinski definition) is 1. The highest BCUT2D eigenvalue weighted by molar-refractivity contribution is 4.75. The molecular weight excluding hydrogens is 166 g/mol. The summed E-state index contributed by atoms with van der Waals surface area (Å²) in [6, 6.07) is 0. The fourth-order valence-electron chi connectivity index (χ4n) is 1.07. The third kappa shape index (κ3) is 2.16. The molecule has 0 amide bonds. The van der Waals surface area contributed by atoms with Gasteiger partial charge in [0, 0.05) is 24.8 Å². The third-order valence-electron chi connectivity index (χ3n) is 1.71. The minimum Gasteiger partial charge on any atom is -0.324 e.